The minimum Gasteiger partial charge on any atom is -0.324 e. The third-order valence-corrected chi connectivity index (χ3v) is 1.64. The van der Waals surface area contributed by atoms with Crippen LogP contribution >= 0.6 is 0 Å². The van der Waals surface area contributed by atoms with Crippen molar-refractivity contribution in [1.29, 1.82) is 0 Å². The summed E-state index contributed by atoms with van der Waals surface area (Å²) in [6.45, 7) is 4.05. The predicted molar refractivity (Wildman–Crippen MR) is 46.0 cm³/mol. The van der Waals surface area contributed by atoms with Crippen LogP contribution in [0, 0.1) is 0 Å². The topological polar surface area (TPSA) is 60.9 Å². The molecule has 0 fully saturated rings. The molecule has 1 rings (SSSR count). The summed E-state index contributed by atoms with van der Waals surface area (Å²) in [5, 5.41) is 4.03. The summed E-state index contributed by atoms with van der Waals surface area (Å²) in [6, 6.07) is 0.282. The molecule has 1 aromatic heterocycles. The van der Waals surface area contributed by atoms with Crippen molar-refractivity contribution in [3.8, 4) is 0 Å². The fourth-order valence-electron chi connectivity index (χ4n) is 0.882. The van der Waals surface area contributed by atoms with E-state index in [4.69, 9.17) is 5.73 Å². The molecule has 0 radical (unpaired) electrons. The van der Waals surface area contributed by atoms with Crippen LogP contribution in [0.25, 0.3) is 0 Å². The van der Waals surface area contributed by atoms with Crippen molar-refractivity contribution < 1.29 is 4.79 Å². The molecule has 12 heavy (non-hydrogen) atoms. The Hall–Kier alpha value is -1.16. The van der Waals surface area contributed by atoms with Crippen LogP contribution < -0.4 is 5.73 Å². The van der Waals surface area contributed by atoms with Gasteiger partial charge in [0.05, 0.1) is 18.3 Å². The molecular formula is C8H13N3O. The first-order valence-corrected chi connectivity index (χ1v) is 3.92. The Morgan fingerprint density at radius 3 is 2.83 bits per heavy atom. The summed E-state index contributed by atoms with van der Waals surface area (Å²) in [7, 11) is 0. The summed E-state index contributed by atoms with van der Waals surface area (Å²) in [5.41, 5.74) is 5.79. The van der Waals surface area contributed by atoms with Gasteiger partial charge in [-0.05, 0) is 13.8 Å². The lowest BCUT2D eigenvalue weighted by atomic mass is 10.2. The van der Waals surface area contributed by atoms with E-state index in [2.05, 4.69) is 5.10 Å². The van der Waals surface area contributed by atoms with Crippen molar-refractivity contribution in [3.05, 3.63) is 18.0 Å². The van der Waals surface area contributed by atoms with Crippen LogP contribution in [0.1, 0.15) is 30.2 Å². The molecule has 0 aromatic carbocycles. The first kappa shape index (κ1) is 8.93. The van der Waals surface area contributed by atoms with Gasteiger partial charge in [-0.3, -0.25) is 9.48 Å². The number of nitrogens with zero attached hydrogens (tertiary/aromatic N) is 2. The summed E-state index contributed by atoms with van der Waals surface area (Å²) in [4.78, 5) is 11.1. The number of Topliss-reactive ketones (excluding diaryl/α,β-unsaturated/α-hetero) is 1. The van der Waals surface area contributed by atoms with Crippen molar-refractivity contribution in [2.75, 3.05) is 6.54 Å². The van der Waals surface area contributed by atoms with Crippen LogP contribution in [0.4, 0.5) is 0 Å². The van der Waals surface area contributed by atoms with Gasteiger partial charge in [-0.25, -0.2) is 0 Å². The molecule has 0 bridgehead atoms. The Balaban J connectivity index is 2.84. The van der Waals surface area contributed by atoms with Crippen molar-refractivity contribution in [3.63, 3.8) is 0 Å². The van der Waals surface area contributed by atoms with E-state index in [1.165, 1.54) is 0 Å². The molecule has 66 valence electrons. The van der Waals surface area contributed by atoms with Gasteiger partial charge in [0.25, 0.3) is 0 Å². The average Bonchev–Trinajstić information content (AvgIpc) is 2.51. The van der Waals surface area contributed by atoms with Gasteiger partial charge in [0.15, 0.2) is 5.78 Å². The molecule has 0 unspecified atom stereocenters. The van der Waals surface area contributed by atoms with Gasteiger partial charge < -0.3 is 5.73 Å². The Morgan fingerprint density at radius 1 is 1.75 bits per heavy atom. The summed E-state index contributed by atoms with van der Waals surface area (Å²) < 4.78 is 1.74. The zero-order chi connectivity index (χ0) is 9.14. The Bertz CT molecular complexity index is 278. The molecule has 0 atom stereocenters. The highest BCUT2D eigenvalue weighted by Gasteiger charge is 2.07. The van der Waals surface area contributed by atoms with Crippen LogP contribution in [-0.4, -0.2) is 22.1 Å². The second-order valence-corrected chi connectivity index (χ2v) is 2.93. The molecule has 1 aromatic rings. The number of carbonyl (C=O) groups is 1. The second kappa shape index (κ2) is 3.49. The van der Waals surface area contributed by atoms with Crippen LogP contribution in [0.15, 0.2) is 12.4 Å². The van der Waals surface area contributed by atoms with Gasteiger partial charge in [0, 0.05) is 12.2 Å². The zero-order valence-electron chi connectivity index (χ0n) is 7.32. The minimum atomic E-state index is -0.0677. The lowest BCUT2D eigenvalue weighted by Gasteiger charge is -2.02. The quantitative estimate of drug-likeness (QED) is 0.671. The van der Waals surface area contributed by atoms with E-state index in [-0.39, 0.29) is 18.4 Å². The zero-order valence-corrected chi connectivity index (χ0v) is 7.32. The largest absolute Gasteiger partial charge is 0.324 e. The normalized spacial score (nSPS) is 10.7. The molecule has 0 aliphatic rings. The van der Waals surface area contributed by atoms with Crippen LogP contribution in [-0.2, 0) is 0 Å². The van der Waals surface area contributed by atoms with Gasteiger partial charge >= 0.3 is 0 Å². The van der Waals surface area contributed by atoms with Gasteiger partial charge in [0.2, 0.25) is 0 Å². The minimum absolute atomic E-state index is 0.0454. The molecule has 0 aliphatic carbocycles. The van der Waals surface area contributed by atoms with Crippen LogP contribution in [0.3, 0.4) is 0 Å². The third-order valence-electron chi connectivity index (χ3n) is 1.64. The molecule has 0 spiro atoms. The maximum absolute atomic E-state index is 11.1. The smallest absolute Gasteiger partial charge is 0.179 e. The van der Waals surface area contributed by atoms with E-state index < -0.39 is 0 Å². The molecule has 2 N–H and O–H groups in total. The monoisotopic (exact) mass is 167 g/mol. The van der Waals surface area contributed by atoms with Crippen molar-refractivity contribution in [2.45, 2.75) is 19.9 Å². The molecule has 4 nitrogen and oxygen atoms in total. The molecule has 0 saturated carbocycles. The molecule has 1 heterocycles. The van der Waals surface area contributed by atoms with E-state index in [0.29, 0.717) is 5.56 Å². The van der Waals surface area contributed by atoms with Crippen LogP contribution in [0.5, 0.6) is 0 Å². The third kappa shape index (κ3) is 1.71. The highest BCUT2D eigenvalue weighted by atomic mass is 16.1. The number of hydrogen-bond acceptors (Lipinski definition) is 3. The summed E-state index contributed by atoms with van der Waals surface area (Å²) in [5.74, 6) is -0.0677. The number of nitrogens with two attached hydrogens (primary N) is 1. The van der Waals surface area contributed by atoms with E-state index in [1.807, 2.05) is 13.8 Å². The Kier molecular flexibility index (Phi) is 2.60. The van der Waals surface area contributed by atoms with E-state index >= 15 is 0 Å². The fraction of sp³-hybridized carbons (Fsp3) is 0.500. The van der Waals surface area contributed by atoms with Crippen molar-refractivity contribution in [1.82, 2.24) is 9.78 Å². The fourth-order valence-corrected chi connectivity index (χ4v) is 0.882. The van der Waals surface area contributed by atoms with E-state index in [1.54, 1.807) is 17.1 Å². The Morgan fingerprint density at radius 2 is 2.42 bits per heavy atom. The highest BCUT2D eigenvalue weighted by molar-refractivity contribution is 5.96. The molecule has 4 heteroatoms. The van der Waals surface area contributed by atoms with Crippen molar-refractivity contribution >= 4 is 5.78 Å². The number of aromatic nitrogens is 2. The molecule has 0 amide bonds. The standard InChI is InChI=1S/C8H13N3O/c1-6(2)11-5-7(4-10-11)8(12)3-9/h4-6H,3,9H2,1-2H3. The van der Waals surface area contributed by atoms with Crippen molar-refractivity contribution in [2.24, 2.45) is 5.73 Å². The van der Waals surface area contributed by atoms with Gasteiger partial charge in [-0.1, -0.05) is 0 Å². The lowest BCUT2D eigenvalue weighted by Crippen LogP contribution is -2.12. The van der Waals surface area contributed by atoms with E-state index in [9.17, 15) is 4.79 Å². The molecular weight excluding hydrogens is 154 g/mol. The first-order chi connectivity index (χ1) is 5.65. The number of rotatable bonds is 3. The summed E-state index contributed by atoms with van der Waals surface area (Å²) in [6.07, 6.45) is 3.27. The number of ketones is 1. The molecule has 0 aliphatic heterocycles. The Labute approximate surface area is 71.4 Å². The predicted octanol–water partition coefficient (Wildman–Crippen LogP) is 0.605. The number of carbonyl (C=O) groups excluding carboxylic acids is 1. The average molecular weight is 167 g/mol. The van der Waals surface area contributed by atoms with E-state index in [0.717, 1.165) is 0 Å². The maximum Gasteiger partial charge on any atom is 0.179 e. The first-order valence-electron chi connectivity index (χ1n) is 3.92. The van der Waals surface area contributed by atoms with Gasteiger partial charge in [-0.15, -0.1) is 0 Å². The van der Waals surface area contributed by atoms with Gasteiger partial charge in [-0.2, -0.15) is 5.10 Å². The second-order valence-electron chi connectivity index (χ2n) is 2.93. The van der Waals surface area contributed by atoms with Gasteiger partial charge in [0.1, 0.15) is 0 Å². The number of hydrogen-bond donors (Lipinski definition) is 1. The highest BCUT2D eigenvalue weighted by Crippen LogP contribution is 2.05. The summed E-state index contributed by atoms with van der Waals surface area (Å²) >= 11 is 0. The SMILES string of the molecule is CC(C)n1cc(C(=O)CN)cn1. The van der Waals surface area contributed by atoms with Crippen LogP contribution in [0.2, 0.25) is 0 Å². The maximum atomic E-state index is 11.1. The molecule has 0 saturated heterocycles. The lowest BCUT2D eigenvalue weighted by molar-refractivity contribution is 0.100.